The number of rotatable bonds is 4. The van der Waals surface area contributed by atoms with Crippen LogP contribution in [-0.2, 0) is 13.1 Å². The SMILES string of the molecule is CN=C(NCc1ccccn1)NCc1ccccc1F. The zero-order valence-corrected chi connectivity index (χ0v) is 11.3. The molecule has 20 heavy (non-hydrogen) atoms. The molecular weight excluding hydrogens is 255 g/mol. The molecule has 1 aromatic carbocycles. The van der Waals surface area contributed by atoms with Crippen LogP contribution in [-0.4, -0.2) is 18.0 Å². The summed E-state index contributed by atoms with van der Waals surface area (Å²) in [5.74, 6) is 0.388. The van der Waals surface area contributed by atoms with Gasteiger partial charge in [0, 0.05) is 25.4 Å². The minimum Gasteiger partial charge on any atom is -0.352 e. The fourth-order valence-electron chi connectivity index (χ4n) is 1.72. The van der Waals surface area contributed by atoms with Gasteiger partial charge in [-0.25, -0.2) is 4.39 Å². The topological polar surface area (TPSA) is 49.3 Å². The number of guanidine groups is 1. The van der Waals surface area contributed by atoms with Crippen LogP contribution in [0.3, 0.4) is 0 Å². The van der Waals surface area contributed by atoms with Gasteiger partial charge in [-0.05, 0) is 18.2 Å². The third kappa shape index (κ3) is 4.05. The number of hydrogen-bond acceptors (Lipinski definition) is 2. The van der Waals surface area contributed by atoms with Crippen LogP contribution >= 0.6 is 0 Å². The first-order valence-corrected chi connectivity index (χ1v) is 6.37. The normalized spacial score (nSPS) is 11.2. The molecule has 0 aliphatic heterocycles. The molecule has 0 amide bonds. The molecule has 0 spiro atoms. The van der Waals surface area contributed by atoms with Crippen molar-refractivity contribution < 1.29 is 4.39 Å². The van der Waals surface area contributed by atoms with E-state index in [0.717, 1.165) is 5.69 Å². The highest BCUT2D eigenvalue weighted by Crippen LogP contribution is 2.05. The summed E-state index contributed by atoms with van der Waals surface area (Å²) in [4.78, 5) is 8.30. The Labute approximate surface area is 117 Å². The van der Waals surface area contributed by atoms with Crippen LogP contribution < -0.4 is 10.6 Å². The summed E-state index contributed by atoms with van der Waals surface area (Å²) >= 11 is 0. The van der Waals surface area contributed by atoms with E-state index in [-0.39, 0.29) is 5.82 Å². The molecule has 0 aliphatic rings. The Balaban J connectivity index is 1.86. The largest absolute Gasteiger partial charge is 0.352 e. The van der Waals surface area contributed by atoms with E-state index in [1.54, 1.807) is 25.4 Å². The Hall–Kier alpha value is -2.43. The van der Waals surface area contributed by atoms with Gasteiger partial charge in [0.15, 0.2) is 5.96 Å². The fourth-order valence-corrected chi connectivity index (χ4v) is 1.72. The Kier molecular flexibility index (Phi) is 5.06. The smallest absolute Gasteiger partial charge is 0.191 e. The maximum Gasteiger partial charge on any atom is 0.191 e. The van der Waals surface area contributed by atoms with Crippen LogP contribution in [0, 0.1) is 5.82 Å². The van der Waals surface area contributed by atoms with Gasteiger partial charge in [0.2, 0.25) is 0 Å². The molecule has 4 nitrogen and oxygen atoms in total. The minimum absolute atomic E-state index is 0.222. The summed E-state index contributed by atoms with van der Waals surface area (Å²) < 4.78 is 13.5. The van der Waals surface area contributed by atoms with Crippen LogP contribution in [0.1, 0.15) is 11.3 Å². The first-order chi connectivity index (χ1) is 9.79. The standard InChI is InChI=1S/C15H17FN4/c1-17-15(20-11-13-7-4-5-9-18-13)19-10-12-6-2-3-8-14(12)16/h2-9H,10-11H2,1H3,(H2,17,19,20). The molecule has 2 rings (SSSR count). The highest BCUT2D eigenvalue weighted by Gasteiger charge is 2.02. The van der Waals surface area contributed by atoms with Crippen molar-refractivity contribution in [3.8, 4) is 0 Å². The first-order valence-electron chi connectivity index (χ1n) is 6.37. The van der Waals surface area contributed by atoms with Crippen molar-refractivity contribution in [1.82, 2.24) is 15.6 Å². The predicted octanol–water partition coefficient (Wildman–Crippen LogP) is 2.09. The molecule has 0 fully saturated rings. The number of aromatic nitrogens is 1. The molecule has 0 radical (unpaired) electrons. The molecule has 0 aliphatic carbocycles. The maximum absolute atomic E-state index is 13.5. The van der Waals surface area contributed by atoms with Crippen LogP contribution in [0.5, 0.6) is 0 Å². The molecule has 104 valence electrons. The van der Waals surface area contributed by atoms with Crippen molar-refractivity contribution in [2.24, 2.45) is 4.99 Å². The number of pyridine rings is 1. The summed E-state index contributed by atoms with van der Waals surface area (Å²) in [5, 5.41) is 6.20. The number of nitrogens with one attached hydrogen (secondary N) is 2. The molecule has 0 atom stereocenters. The van der Waals surface area contributed by atoms with E-state index < -0.39 is 0 Å². The lowest BCUT2D eigenvalue weighted by atomic mass is 10.2. The van der Waals surface area contributed by atoms with E-state index >= 15 is 0 Å². The quantitative estimate of drug-likeness (QED) is 0.662. The number of halogens is 1. The van der Waals surface area contributed by atoms with E-state index in [0.29, 0.717) is 24.6 Å². The van der Waals surface area contributed by atoms with Crippen molar-refractivity contribution in [2.45, 2.75) is 13.1 Å². The molecule has 2 N–H and O–H groups in total. The Morgan fingerprint density at radius 3 is 2.55 bits per heavy atom. The van der Waals surface area contributed by atoms with Crippen LogP contribution in [0.15, 0.2) is 53.7 Å². The Morgan fingerprint density at radius 1 is 1.10 bits per heavy atom. The monoisotopic (exact) mass is 272 g/mol. The number of benzene rings is 1. The molecule has 0 bridgehead atoms. The lowest BCUT2D eigenvalue weighted by molar-refractivity contribution is 0.604. The van der Waals surface area contributed by atoms with E-state index in [1.807, 2.05) is 24.3 Å². The van der Waals surface area contributed by atoms with E-state index in [2.05, 4.69) is 20.6 Å². The summed E-state index contributed by atoms with van der Waals surface area (Å²) in [5.41, 5.74) is 1.52. The number of hydrogen-bond donors (Lipinski definition) is 2. The molecule has 2 aromatic rings. The zero-order valence-electron chi connectivity index (χ0n) is 11.3. The first kappa shape index (κ1) is 14.0. The van der Waals surface area contributed by atoms with Crippen molar-refractivity contribution in [3.05, 3.63) is 65.7 Å². The summed E-state index contributed by atoms with van der Waals surface area (Å²) in [6.45, 7) is 0.951. The van der Waals surface area contributed by atoms with Crippen LogP contribution in [0.4, 0.5) is 4.39 Å². The van der Waals surface area contributed by atoms with E-state index in [4.69, 9.17) is 0 Å². The number of aliphatic imine (C=N–C) groups is 1. The third-order valence-corrected chi connectivity index (χ3v) is 2.79. The Bertz CT molecular complexity index is 569. The van der Waals surface area contributed by atoms with Gasteiger partial charge in [0.05, 0.1) is 12.2 Å². The Morgan fingerprint density at radius 2 is 1.85 bits per heavy atom. The molecule has 0 saturated heterocycles. The van der Waals surface area contributed by atoms with E-state index in [1.165, 1.54) is 6.07 Å². The van der Waals surface area contributed by atoms with Gasteiger partial charge in [0.25, 0.3) is 0 Å². The van der Waals surface area contributed by atoms with Gasteiger partial charge < -0.3 is 10.6 Å². The third-order valence-electron chi connectivity index (χ3n) is 2.79. The second-order valence-electron chi connectivity index (χ2n) is 4.19. The summed E-state index contributed by atoms with van der Waals surface area (Å²) in [6, 6.07) is 12.4. The van der Waals surface area contributed by atoms with Crippen molar-refractivity contribution >= 4 is 5.96 Å². The van der Waals surface area contributed by atoms with Gasteiger partial charge in [0.1, 0.15) is 5.82 Å². The average Bonchev–Trinajstić information content (AvgIpc) is 2.50. The average molecular weight is 272 g/mol. The van der Waals surface area contributed by atoms with Gasteiger partial charge in [-0.15, -0.1) is 0 Å². The van der Waals surface area contributed by atoms with E-state index in [9.17, 15) is 4.39 Å². The van der Waals surface area contributed by atoms with Gasteiger partial charge in [-0.3, -0.25) is 9.98 Å². The van der Waals surface area contributed by atoms with Crippen molar-refractivity contribution in [3.63, 3.8) is 0 Å². The molecule has 1 aromatic heterocycles. The van der Waals surface area contributed by atoms with Crippen molar-refractivity contribution in [2.75, 3.05) is 7.05 Å². The van der Waals surface area contributed by atoms with Gasteiger partial charge >= 0.3 is 0 Å². The van der Waals surface area contributed by atoms with Crippen molar-refractivity contribution in [1.29, 1.82) is 0 Å². The lowest BCUT2D eigenvalue weighted by Crippen LogP contribution is -2.36. The summed E-state index contributed by atoms with van der Waals surface area (Å²) in [7, 11) is 1.68. The number of nitrogens with zero attached hydrogens (tertiary/aromatic N) is 2. The molecule has 0 unspecified atom stereocenters. The molecule has 5 heteroatoms. The maximum atomic E-state index is 13.5. The van der Waals surface area contributed by atoms with Gasteiger partial charge in [-0.1, -0.05) is 24.3 Å². The van der Waals surface area contributed by atoms with Crippen LogP contribution in [0.2, 0.25) is 0 Å². The van der Waals surface area contributed by atoms with Gasteiger partial charge in [-0.2, -0.15) is 0 Å². The molecule has 0 saturated carbocycles. The predicted molar refractivity (Wildman–Crippen MR) is 77.7 cm³/mol. The summed E-state index contributed by atoms with van der Waals surface area (Å²) in [6.07, 6.45) is 1.74. The second-order valence-corrected chi connectivity index (χ2v) is 4.19. The lowest BCUT2D eigenvalue weighted by Gasteiger charge is -2.12. The fraction of sp³-hybridized carbons (Fsp3) is 0.200. The highest BCUT2D eigenvalue weighted by molar-refractivity contribution is 5.79. The molecule has 1 heterocycles. The van der Waals surface area contributed by atoms with Crippen LogP contribution in [0.25, 0.3) is 0 Å². The minimum atomic E-state index is -0.222. The second kappa shape index (κ2) is 7.23. The molecular formula is C15H17FN4. The zero-order chi connectivity index (χ0) is 14.2. The highest BCUT2D eigenvalue weighted by atomic mass is 19.1.